The van der Waals surface area contributed by atoms with E-state index in [-0.39, 0.29) is 11.3 Å². The quantitative estimate of drug-likeness (QED) is 0.790. The molecular weight excluding hydrogens is 356 g/mol. The zero-order valence-electron chi connectivity index (χ0n) is 15.9. The Morgan fingerprint density at radius 2 is 2.00 bits per heavy atom. The summed E-state index contributed by atoms with van der Waals surface area (Å²) in [5.74, 6) is 1.69. The van der Waals surface area contributed by atoms with Crippen molar-refractivity contribution in [3.05, 3.63) is 52.2 Å². The molecule has 1 aromatic heterocycles. The van der Waals surface area contributed by atoms with E-state index in [1.807, 2.05) is 35.6 Å². The number of carbonyl (C=O) groups is 1. The maximum Gasteiger partial charge on any atom is 0.230 e. The van der Waals surface area contributed by atoms with E-state index in [0.29, 0.717) is 0 Å². The third-order valence-corrected chi connectivity index (χ3v) is 7.09. The molecule has 144 valence electrons. The number of thiophene rings is 1. The summed E-state index contributed by atoms with van der Waals surface area (Å²) in [7, 11) is 1.67. The summed E-state index contributed by atoms with van der Waals surface area (Å²) < 4.78 is 5.47. The van der Waals surface area contributed by atoms with Crippen molar-refractivity contribution in [2.45, 2.75) is 37.0 Å². The van der Waals surface area contributed by atoms with Crippen LogP contribution in [0.25, 0.3) is 0 Å². The minimum absolute atomic E-state index is 0.153. The lowest BCUT2D eigenvalue weighted by Crippen LogP contribution is -2.42. The monoisotopic (exact) mass is 384 g/mol. The van der Waals surface area contributed by atoms with Gasteiger partial charge in [-0.2, -0.15) is 0 Å². The molecule has 1 N–H and O–H groups in total. The number of amides is 1. The molecule has 0 bridgehead atoms. The van der Waals surface area contributed by atoms with Crippen molar-refractivity contribution in [2.24, 2.45) is 0 Å². The summed E-state index contributed by atoms with van der Waals surface area (Å²) in [4.78, 5) is 16.9. The van der Waals surface area contributed by atoms with Crippen LogP contribution in [0.4, 0.5) is 0 Å². The molecule has 2 fully saturated rings. The number of rotatable bonds is 7. The van der Waals surface area contributed by atoms with Crippen molar-refractivity contribution < 1.29 is 9.53 Å². The molecular formula is C22H28N2O2S. The van der Waals surface area contributed by atoms with Gasteiger partial charge in [0.25, 0.3) is 0 Å². The largest absolute Gasteiger partial charge is 0.496 e. The van der Waals surface area contributed by atoms with E-state index < -0.39 is 0 Å². The first kappa shape index (κ1) is 18.5. The van der Waals surface area contributed by atoms with Gasteiger partial charge in [-0.3, -0.25) is 4.79 Å². The lowest BCUT2D eigenvalue weighted by atomic mass is 9.94. The molecule has 5 heteroatoms. The summed E-state index contributed by atoms with van der Waals surface area (Å²) >= 11 is 1.88. The van der Waals surface area contributed by atoms with Crippen molar-refractivity contribution in [3.63, 3.8) is 0 Å². The Bertz CT molecular complexity index is 762. The molecule has 27 heavy (non-hydrogen) atoms. The summed E-state index contributed by atoms with van der Waals surface area (Å²) in [6.45, 7) is 3.90. The summed E-state index contributed by atoms with van der Waals surface area (Å²) in [6, 6.07) is 12.3. The van der Waals surface area contributed by atoms with Gasteiger partial charge in [-0.15, -0.1) is 11.3 Å². The third-order valence-electron chi connectivity index (χ3n) is 6.05. The molecule has 1 aromatic carbocycles. The standard InChI is InChI=1S/C22H28N2O2S/c1-26-19-6-3-2-5-18(19)22(10-11-22)21(25)23-12-15-24-13-8-17(9-14-24)20-7-4-16-27-20/h2-7,16-17H,8-15H2,1H3,(H,23,25). The predicted octanol–water partition coefficient (Wildman–Crippen LogP) is 3.78. The molecule has 0 spiro atoms. The van der Waals surface area contributed by atoms with Crippen LogP contribution in [0.1, 0.15) is 42.0 Å². The number of nitrogens with zero attached hydrogens (tertiary/aromatic N) is 1. The van der Waals surface area contributed by atoms with Gasteiger partial charge in [0.15, 0.2) is 0 Å². The molecule has 1 aliphatic heterocycles. The van der Waals surface area contributed by atoms with E-state index in [1.165, 1.54) is 17.7 Å². The number of benzene rings is 1. The van der Waals surface area contributed by atoms with E-state index in [4.69, 9.17) is 4.74 Å². The fourth-order valence-electron chi connectivity index (χ4n) is 4.25. The molecule has 1 aliphatic carbocycles. The van der Waals surface area contributed by atoms with Crippen molar-refractivity contribution in [1.29, 1.82) is 0 Å². The lowest BCUT2D eigenvalue weighted by Gasteiger charge is -2.31. The van der Waals surface area contributed by atoms with Crippen LogP contribution in [0.15, 0.2) is 41.8 Å². The Hall–Kier alpha value is -1.85. The maximum absolute atomic E-state index is 12.9. The van der Waals surface area contributed by atoms with Crippen molar-refractivity contribution >= 4 is 17.2 Å². The smallest absolute Gasteiger partial charge is 0.230 e. The van der Waals surface area contributed by atoms with Crippen LogP contribution in [-0.2, 0) is 10.2 Å². The molecule has 1 saturated heterocycles. The average Bonchev–Trinajstić information content (AvgIpc) is 3.34. The maximum atomic E-state index is 12.9. The Labute approximate surface area is 165 Å². The first-order valence-electron chi connectivity index (χ1n) is 9.90. The van der Waals surface area contributed by atoms with E-state index in [2.05, 4.69) is 27.7 Å². The molecule has 1 saturated carbocycles. The minimum atomic E-state index is -0.376. The van der Waals surface area contributed by atoms with Gasteiger partial charge in [0, 0.05) is 23.5 Å². The van der Waals surface area contributed by atoms with Crippen LogP contribution in [0.5, 0.6) is 5.75 Å². The van der Waals surface area contributed by atoms with Gasteiger partial charge in [0.1, 0.15) is 5.75 Å². The first-order chi connectivity index (χ1) is 13.2. The number of hydrogen-bond donors (Lipinski definition) is 1. The zero-order valence-corrected chi connectivity index (χ0v) is 16.8. The van der Waals surface area contributed by atoms with E-state index >= 15 is 0 Å². The van der Waals surface area contributed by atoms with Crippen LogP contribution in [-0.4, -0.2) is 44.1 Å². The second-order valence-electron chi connectivity index (χ2n) is 7.67. The molecule has 2 aromatic rings. The fraction of sp³-hybridized carbons (Fsp3) is 0.500. The summed E-state index contributed by atoms with van der Waals surface area (Å²) in [6.07, 6.45) is 4.26. The van der Waals surface area contributed by atoms with Gasteiger partial charge in [-0.05, 0) is 62.2 Å². The number of methoxy groups -OCH3 is 1. The van der Waals surface area contributed by atoms with Gasteiger partial charge in [-0.1, -0.05) is 24.3 Å². The van der Waals surface area contributed by atoms with Gasteiger partial charge < -0.3 is 15.0 Å². The van der Waals surface area contributed by atoms with Gasteiger partial charge in [0.05, 0.1) is 12.5 Å². The Morgan fingerprint density at radius 3 is 2.67 bits per heavy atom. The fourth-order valence-corrected chi connectivity index (χ4v) is 5.14. The molecule has 1 amide bonds. The summed E-state index contributed by atoms with van der Waals surface area (Å²) in [5, 5.41) is 5.36. The predicted molar refractivity (Wildman–Crippen MR) is 110 cm³/mol. The Balaban J connectivity index is 1.26. The molecule has 4 nitrogen and oxygen atoms in total. The molecule has 4 rings (SSSR count). The molecule has 0 unspecified atom stereocenters. The second-order valence-corrected chi connectivity index (χ2v) is 8.65. The van der Waals surface area contributed by atoms with Crippen LogP contribution in [0.2, 0.25) is 0 Å². The number of carbonyl (C=O) groups excluding carboxylic acids is 1. The van der Waals surface area contributed by atoms with E-state index in [0.717, 1.165) is 56.3 Å². The van der Waals surface area contributed by atoms with Crippen molar-refractivity contribution in [3.8, 4) is 5.75 Å². The number of likely N-dealkylation sites (tertiary alicyclic amines) is 1. The highest BCUT2D eigenvalue weighted by molar-refractivity contribution is 7.10. The first-order valence-corrected chi connectivity index (χ1v) is 10.8. The average molecular weight is 385 g/mol. The van der Waals surface area contributed by atoms with Crippen LogP contribution in [0.3, 0.4) is 0 Å². The summed E-state index contributed by atoms with van der Waals surface area (Å²) in [5.41, 5.74) is 0.653. The molecule has 0 radical (unpaired) electrons. The number of nitrogens with one attached hydrogen (secondary N) is 1. The number of hydrogen-bond acceptors (Lipinski definition) is 4. The number of para-hydroxylation sites is 1. The highest BCUT2D eigenvalue weighted by Crippen LogP contribution is 2.51. The highest BCUT2D eigenvalue weighted by Gasteiger charge is 2.52. The number of ether oxygens (including phenoxy) is 1. The van der Waals surface area contributed by atoms with Gasteiger partial charge >= 0.3 is 0 Å². The number of piperidine rings is 1. The van der Waals surface area contributed by atoms with Crippen LogP contribution in [0, 0.1) is 0 Å². The second kappa shape index (κ2) is 8.03. The normalized spacial score (nSPS) is 19.6. The highest BCUT2D eigenvalue weighted by atomic mass is 32.1. The SMILES string of the molecule is COc1ccccc1C1(C(=O)NCCN2CCC(c3cccs3)CC2)CC1. The van der Waals surface area contributed by atoms with Gasteiger partial charge in [0.2, 0.25) is 5.91 Å². The lowest BCUT2D eigenvalue weighted by molar-refractivity contribution is -0.123. The van der Waals surface area contributed by atoms with Crippen LogP contribution < -0.4 is 10.1 Å². The molecule has 2 heterocycles. The van der Waals surface area contributed by atoms with Crippen molar-refractivity contribution in [1.82, 2.24) is 10.2 Å². The van der Waals surface area contributed by atoms with E-state index in [9.17, 15) is 4.79 Å². The van der Waals surface area contributed by atoms with E-state index in [1.54, 1.807) is 7.11 Å². The minimum Gasteiger partial charge on any atom is -0.496 e. The zero-order chi connectivity index (χ0) is 18.7. The van der Waals surface area contributed by atoms with Crippen LogP contribution >= 0.6 is 11.3 Å². The Kier molecular flexibility index (Phi) is 5.50. The third kappa shape index (κ3) is 3.90. The van der Waals surface area contributed by atoms with Crippen molar-refractivity contribution in [2.75, 3.05) is 33.3 Å². The van der Waals surface area contributed by atoms with Gasteiger partial charge in [-0.25, -0.2) is 0 Å². The topological polar surface area (TPSA) is 41.6 Å². The molecule has 0 atom stereocenters. The molecule has 2 aliphatic rings. The Morgan fingerprint density at radius 1 is 1.22 bits per heavy atom.